The van der Waals surface area contributed by atoms with Crippen LogP contribution >= 0.6 is 0 Å². The van der Waals surface area contributed by atoms with Crippen molar-refractivity contribution in [3.63, 3.8) is 0 Å². The van der Waals surface area contributed by atoms with Crippen LogP contribution in [0.15, 0.2) is 30.3 Å². The van der Waals surface area contributed by atoms with Crippen LogP contribution in [0.2, 0.25) is 0 Å². The molecule has 1 rings (SSSR count). The summed E-state index contributed by atoms with van der Waals surface area (Å²) in [5.74, 6) is 0. The fourth-order valence-corrected chi connectivity index (χ4v) is 1.25. The molecule has 82 valence electrons. The van der Waals surface area contributed by atoms with Gasteiger partial charge in [-0.25, -0.2) is 14.8 Å². The first-order chi connectivity index (χ1) is 7.16. The summed E-state index contributed by atoms with van der Waals surface area (Å²) in [5.41, 5.74) is 0.793. The minimum Gasteiger partial charge on any atom is -0.448 e. The first kappa shape index (κ1) is 11.5. The Labute approximate surface area is 90.0 Å². The van der Waals surface area contributed by atoms with Gasteiger partial charge in [0.15, 0.2) is 0 Å². The Morgan fingerprint density at radius 3 is 2.33 bits per heavy atom. The Bertz CT molecular complexity index is 312. The molecule has 4 heteroatoms. The molecule has 0 saturated heterocycles. The highest BCUT2D eigenvalue weighted by Gasteiger charge is 2.18. The van der Waals surface area contributed by atoms with Crippen molar-refractivity contribution in [2.75, 3.05) is 25.7 Å². The van der Waals surface area contributed by atoms with Crippen molar-refractivity contribution >= 4 is 11.8 Å². The van der Waals surface area contributed by atoms with Gasteiger partial charge in [-0.3, -0.25) is 0 Å². The van der Waals surface area contributed by atoms with Crippen molar-refractivity contribution in [3.05, 3.63) is 30.3 Å². The minimum atomic E-state index is -0.367. The van der Waals surface area contributed by atoms with Crippen LogP contribution in [0.1, 0.15) is 6.92 Å². The number of carbonyl (C=O) groups excluding carboxylic acids is 1. The third-order valence-electron chi connectivity index (χ3n) is 1.84. The molecule has 0 atom stereocenters. The number of hydrogen-bond acceptors (Lipinski definition) is 3. The van der Waals surface area contributed by atoms with Gasteiger partial charge in [0.2, 0.25) is 0 Å². The highest BCUT2D eigenvalue weighted by atomic mass is 16.6. The maximum absolute atomic E-state index is 11.6. The van der Waals surface area contributed by atoms with E-state index in [1.807, 2.05) is 30.3 Å². The van der Waals surface area contributed by atoms with Gasteiger partial charge >= 0.3 is 6.09 Å². The molecule has 0 aliphatic rings. The van der Waals surface area contributed by atoms with Crippen molar-refractivity contribution in [1.82, 2.24) is 5.01 Å². The summed E-state index contributed by atoms with van der Waals surface area (Å²) in [6.45, 7) is 2.16. The number of amides is 1. The number of benzene rings is 1. The monoisotopic (exact) mass is 208 g/mol. The first-order valence-electron chi connectivity index (χ1n) is 4.86. The highest BCUT2D eigenvalue weighted by Crippen LogP contribution is 2.15. The van der Waals surface area contributed by atoms with E-state index in [1.165, 1.54) is 5.01 Å². The molecule has 0 unspecified atom stereocenters. The van der Waals surface area contributed by atoms with E-state index in [0.717, 1.165) is 5.69 Å². The normalized spacial score (nSPS) is 10.1. The van der Waals surface area contributed by atoms with Crippen molar-refractivity contribution in [2.24, 2.45) is 0 Å². The summed E-state index contributed by atoms with van der Waals surface area (Å²) in [6.07, 6.45) is -0.367. The number of nitrogens with zero attached hydrogens (tertiary/aromatic N) is 2. The molecule has 0 spiro atoms. The lowest BCUT2D eigenvalue weighted by Gasteiger charge is -2.27. The fourth-order valence-electron chi connectivity index (χ4n) is 1.25. The van der Waals surface area contributed by atoms with E-state index in [0.29, 0.717) is 6.61 Å². The van der Waals surface area contributed by atoms with Crippen LogP contribution < -0.4 is 5.01 Å². The average Bonchev–Trinajstić information content (AvgIpc) is 2.19. The maximum atomic E-state index is 11.6. The van der Waals surface area contributed by atoms with Gasteiger partial charge in [-0.15, -0.1) is 0 Å². The summed E-state index contributed by atoms with van der Waals surface area (Å²) >= 11 is 0. The van der Waals surface area contributed by atoms with Gasteiger partial charge in [0, 0.05) is 14.1 Å². The fraction of sp³-hybridized carbons (Fsp3) is 0.364. The molecule has 15 heavy (non-hydrogen) atoms. The summed E-state index contributed by atoms with van der Waals surface area (Å²) in [7, 11) is 3.59. The Morgan fingerprint density at radius 1 is 1.27 bits per heavy atom. The standard InChI is InChI=1S/C11H16N2O2/c1-4-15-11(14)13(12(2)3)10-8-6-5-7-9-10/h5-9H,4H2,1-3H3. The summed E-state index contributed by atoms with van der Waals surface area (Å²) in [4.78, 5) is 11.6. The van der Waals surface area contributed by atoms with Gasteiger partial charge in [-0.05, 0) is 19.1 Å². The zero-order valence-electron chi connectivity index (χ0n) is 9.30. The predicted molar refractivity (Wildman–Crippen MR) is 59.6 cm³/mol. The molecule has 1 aromatic rings. The summed E-state index contributed by atoms with van der Waals surface area (Å²) < 4.78 is 4.97. The van der Waals surface area contributed by atoms with Gasteiger partial charge in [0.1, 0.15) is 0 Å². The Hall–Kier alpha value is -1.55. The lowest BCUT2D eigenvalue weighted by Crippen LogP contribution is -2.42. The molecule has 0 aliphatic carbocycles. The van der Waals surface area contributed by atoms with Crippen LogP contribution in [0.4, 0.5) is 10.5 Å². The number of rotatable bonds is 3. The van der Waals surface area contributed by atoms with E-state index in [2.05, 4.69) is 0 Å². The van der Waals surface area contributed by atoms with Crippen LogP contribution in [-0.2, 0) is 4.74 Å². The van der Waals surface area contributed by atoms with Crippen LogP contribution in [0.5, 0.6) is 0 Å². The van der Waals surface area contributed by atoms with E-state index in [9.17, 15) is 4.79 Å². The van der Waals surface area contributed by atoms with E-state index in [1.54, 1.807) is 26.0 Å². The van der Waals surface area contributed by atoms with E-state index < -0.39 is 0 Å². The molecule has 0 N–H and O–H groups in total. The molecule has 4 nitrogen and oxygen atoms in total. The van der Waals surface area contributed by atoms with Gasteiger partial charge in [-0.1, -0.05) is 18.2 Å². The van der Waals surface area contributed by atoms with Crippen molar-refractivity contribution in [1.29, 1.82) is 0 Å². The second-order valence-electron chi connectivity index (χ2n) is 3.19. The van der Waals surface area contributed by atoms with Crippen molar-refractivity contribution in [2.45, 2.75) is 6.92 Å². The summed E-state index contributed by atoms with van der Waals surface area (Å²) in [5, 5.41) is 3.16. The summed E-state index contributed by atoms with van der Waals surface area (Å²) in [6, 6.07) is 9.38. The van der Waals surface area contributed by atoms with Gasteiger partial charge < -0.3 is 4.74 Å². The number of ether oxygens (including phenoxy) is 1. The average molecular weight is 208 g/mol. The lowest BCUT2D eigenvalue weighted by molar-refractivity contribution is 0.144. The molecule has 0 radical (unpaired) electrons. The van der Waals surface area contributed by atoms with Crippen molar-refractivity contribution < 1.29 is 9.53 Å². The zero-order chi connectivity index (χ0) is 11.3. The van der Waals surface area contributed by atoms with E-state index >= 15 is 0 Å². The van der Waals surface area contributed by atoms with Gasteiger partial charge in [0.05, 0.1) is 12.3 Å². The topological polar surface area (TPSA) is 32.8 Å². The quantitative estimate of drug-likeness (QED) is 0.713. The molecule has 1 aromatic carbocycles. The molecule has 1 amide bonds. The number of hydrogen-bond donors (Lipinski definition) is 0. The Balaban J connectivity index is 2.88. The maximum Gasteiger partial charge on any atom is 0.429 e. The number of hydrazine groups is 1. The Morgan fingerprint density at radius 2 is 1.87 bits per heavy atom. The lowest BCUT2D eigenvalue weighted by atomic mass is 10.3. The largest absolute Gasteiger partial charge is 0.448 e. The molecule has 0 aliphatic heterocycles. The Kier molecular flexibility index (Phi) is 4.12. The molecule has 0 saturated carbocycles. The van der Waals surface area contributed by atoms with Crippen LogP contribution in [0, 0.1) is 0 Å². The minimum absolute atomic E-state index is 0.367. The van der Waals surface area contributed by atoms with E-state index in [4.69, 9.17) is 4.74 Å². The number of para-hydroxylation sites is 1. The second-order valence-corrected chi connectivity index (χ2v) is 3.19. The zero-order valence-corrected chi connectivity index (χ0v) is 9.30. The van der Waals surface area contributed by atoms with Crippen LogP contribution in [0.3, 0.4) is 0 Å². The molecule has 0 fully saturated rings. The second kappa shape index (κ2) is 5.36. The number of carbonyl (C=O) groups is 1. The van der Waals surface area contributed by atoms with Crippen molar-refractivity contribution in [3.8, 4) is 0 Å². The first-order valence-corrected chi connectivity index (χ1v) is 4.86. The van der Waals surface area contributed by atoms with Gasteiger partial charge in [-0.2, -0.15) is 0 Å². The third kappa shape index (κ3) is 2.95. The number of anilines is 1. The molecule has 0 heterocycles. The third-order valence-corrected chi connectivity index (χ3v) is 1.84. The predicted octanol–water partition coefficient (Wildman–Crippen LogP) is 2.13. The van der Waals surface area contributed by atoms with Crippen LogP contribution in [0.25, 0.3) is 0 Å². The van der Waals surface area contributed by atoms with E-state index in [-0.39, 0.29) is 6.09 Å². The molecule has 0 aromatic heterocycles. The molecular formula is C11H16N2O2. The molecule has 0 bridgehead atoms. The van der Waals surface area contributed by atoms with Gasteiger partial charge in [0.25, 0.3) is 0 Å². The SMILES string of the molecule is CCOC(=O)N(c1ccccc1)N(C)C. The molecular weight excluding hydrogens is 192 g/mol. The van der Waals surface area contributed by atoms with Crippen LogP contribution in [-0.4, -0.2) is 31.8 Å². The highest BCUT2D eigenvalue weighted by molar-refractivity contribution is 5.86. The smallest absolute Gasteiger partial charge is 0.429 e.